The number of hydrogen-bond donors (Lipinski definition) is 1. The Morgan fingerprint density at radius 3 is 2.60 bits per heavy atom. The zero-order chi connectivity index (χ0) is 20.9. The largest absolute Gasteiger partial charge is 0.481 e. The zero-order valence-electron chi connectivity index (χ0n) is 16.7. The van der Waals surface area contributed by atoms with Gasteiger partial charge in [0.2, 0.25) is 5.88 Å². The Balaban J connectivity index is 1.64. The quantitative estimate of drug-likeness (QED) is 0.507. The van der Waals surface area contributed by atoms with Crippen molar-refractivity contribution in [3.63, 3.8) is 0 Å². The van der Waals surface area contributed by atoms with Gasteiger partial charge in [-0.2, -0.15) is 0 Å². The third-order valence-electron chi connectivity index (χ3n) is 4.64. The van der Waals surface area contributed by atoms with E-state index in [2.05, 4.69) is 20.3 Å². The first kappa shape index (κ1) is 19.4. The molecule has 8 nitrogen and oxygen atoms in total. The molecule has 0 aliphatic rings. The number of ether oxygens (including phenoxy) is 1. The maximum atomic E-state index is 12.8. The number of benzene rings is 1. The SMILES string of the molecule is COc1ccc(CNc2cc(=O)n(OCc3ccccc3)c3ncnc(C)c23)cn1. The minimum atomic E-state index is -0.313. The highest BCUT2D eigenvalue weighted by atomic mass is 16.7. The van der Waals surface area contributed by atoms with Crippen LogP contribution in [0.5, 0.6) is 5.88 Å². The Kier molecular flexibility index (Phi) is 5.56. The summed E-state index contributed by atoms with van der Waals surface area (Å²) < 4.78 is 6.30. The molecule has 0 saturated carbocycles. The molecule has 0 aliphatic heterocycles. The summed E-state index contributed by atoms with van der Waals surface area (Å²) in [5, 5.41) is 4.02. The van der Waals surface area contributed by atoms with Gasteiger partial charge in [0.1, 0.15) is 12.9 Å². The van der Waals surface area contributed by atoms with Crippen LogP contribution < -0.4 is 20.5 Å². The fraction of sp³-hybridized carbons (Fsp3) is 0.182. The van der Waals surface area contributed by atoms with Gasteiger partial charge in [-0.25, -0.2) is 15.0 Å². The van der Waals surface area contributed by atoms with Crippen molar-refractivity contribution in [3.05, 3.63) is 88.2 Å². The predicted octanol–water partition coefficient (Wildman–Crippen LogP) is 2.74. The molecule has 3 heterocycles. The zero-order valence-corrected chi connectivity index (χ0v) is 16.7. The molecule has 0 spiro atoms. The topological polar surface area (TPSA) is 91.2 Å². The summed E-state index contributed by atoms with van der Waals surface area (Å²) in [7, 11) is 1.57. The van der Waals surface area contributed by atoms with E-state index >= 15 is 0 Å². The Labute approximate surface area is 173 Å². The second-order valence-corrected chi connectivity index (χ2v) is 6.67. The monoisotopic (exact) mass is 403 g/mol. The van der Waals surface area contributed by atoms with Gasteiger partial charge in [0.15, 0.2) is 5.65 Å². The maximum Gasteiger partial charge on any atom is 0.287 e. The minimum absolute atomic E-state index is 0.253. The lowest BCUT2D eigenvalue weighted by Gasteiger charge is -2.15. The van der Waals surface area contributed by atoms with E-state index in [0.717, 1.165) is 22.2 Å². The number of methoxy groups -OCH3 is 1. The first-order valence-electron chi connectivity index (χ1n) is 9.43. The Bertz CT molecular complexity index is 1210. The summed E-state index contributed by atoms with van der Waals surface area (Å²) in [5.41, 5.74) is 3.39. The number of rotatable bonds is 7. The molecule has 0 amide bonds. The highest BCUT2D eigenvalue weighted by Crippen LogP contribution is 2.23. The van der Waals surface area contributed by atoms with Gasteiger partial charge in [-0.1, -0.05) is 36.4 Å². The molecule has 8 heteroatoms. The minimum Gasteiger partial charge on any atom is -0.481 e. The second kappa shape index (κ2) is 8.60. The van der Waals surface area contributed by atoms with Gasteiger partial charge in [0.05, 0.1) is 23.9 Å². The Morgan fingerprint density at radius 1 is 1.03 bits per heavy atom. The van der Waals surface area contributed by atoms with Gasteiger partial charge >= 0.3 is 0 Å². The maximum absolute atomic E-state index is 12.8. The molecule has 0 saturated heterocycles. The third-order valence-corrected chi connectivity index (χ3v) is 4.64. The number of hydrogen-bond acceptors (Lipinski definition) is 7. The van der Waals surface area contributed by atoms with Crippen molar-refractivity contribution in [1.29, 1.82) is 0 Å². The molecular weight excluding hydrogens is 382 g/mol. The molecule has 0 atom stereocenters. The summed E-state index contributed by atoms with van der Waals surface area (Å²) >= 11 is 0. The van der Waals surface area contributed by atoms with E-state index in [1.54, 1.807) is 19.4 Å². The Hall–Kier alpha value is -3.94. The smallest absolute Gasteiger partial charge is 0.287 e. The number of anilines is 1. The molecule has 0 bridgehead atoms. The molecule has 152 valence electrons. The van der Waals surface area contributed by atoms with Crippen molar-refractivity contribution < 1.29 is 9.57 Å². The number of pyridine rings is 2. The normalized spacial score (nSPS) is 10.7. The van der Waals surface area contributed by atoms with E-state index in [4.69, 9.17) is 9.57 Å². The van der Waals surface area contributed by atoms with E-state index in [1.165, 1.54) is 17.1 Å². The first-order chi connectivity index (χ1) is 14.7. The molecule has 1 N–H and O–H groups in total. The van der Waals surface area contributed by atoms with Crippen molar-refractivity contribution in [3.8, 4) is 5.88 Å². The van der Waals surface area contributed by atoms with Gasteiger partial charge in [-0.05, 0) is 18.1 Å². The van der Waals surface area contributed by atoms with E-state index < -0.39 is 0 Å². The summed E-state index contributed by atoms with van der Waals surface area (Å²) in [6.45, 7) is 2.61. The van der Waals surface area contributed by atoms with Crippen molar-refractivity contribution in [2.45, 2.75) is 20.1 Å². The molecule has 30 heavy (non-hydrogen) atoms. The summed E-state index contributed by atoms with van der Waals surface area (Å²) in [6.07, 6.45) is 3.15. The number of aromatic nitrogens is 4. The predicted molar refractivity (Wildman–Crippen MR) is 113 cm³/mol. The first-order valence-corrected chi connectivity index (χ1v) is 9.43. The van der Waals surface area contributed by atoms with Gasteiger partial charge < -0.3 is 14.9 Å². The van der Waals surface area contributed by atoms with E-state index in [9.17, 15) is 4.79 Å². The van der Waals surface area contributed by atoms with Gasteiger partial charge in [0, 0.05) is 24.9 Å². The summed E-state index contributed by atoms with van der Waals surface area (Å²) in [4.78, 5) is 31.4. The number of aryl methyl sites for hydroxylation is 1. The van der Waals surface area contributed by atoms with Gasteiger partial charge in [-0.3, -0.25) is 4.79 Å². The highest BCUT2D eigenvalue weighted by molar-refractivity contribution is 5.90. The van der Waals surface area contributed by atoms with Crippen LogP contribution in [-0.2, 0) is 13.2 Å². The van der Waals surface area contributed by atoms with Crippen molar-refractivity contribution >= 4 is 16.7 Å². The standard InChI is InChI=1S/C22H21N5O3/c1-15-21-18(23-11-17-8-9-19(29-2)24-12-17)10-20(28)27(22(21)26-14-25-15)30-13-16-6-4-3-5-7-16/h3-10,12,14,23H,11,13H2,1-2H3. The lowest BCUT2D eigenvalue weighted by molar-refractivity contribution is 0.0979. The molecule has 4 rings (SSSR count). The van der Waals surface area contributed by atoms with Crippen LogP contribution in [0.1, 0.15) is 16.8 Å². The number of nitrogens with one attached hydrogen (secondary N) is 1. The molecule has 0 fully saturated rings. The van der Waals surface area contributed by atoms with E-state index in [1.807, 2.05) is 43.3 Å². The highest BCUT2D eigenvalue weighted by Gasteiger charge is 2.14. The van der Waals surface area contributed by atoms with Crippen molar-refractivity contribution in [1.82, 2.24) is 19.7 Å². The second-order valence-electron chi connectivity index (χ2n) is 6.67. The van der Waals surface area contributed by atoms with Crippen LogP contribution in [0.2, 0.25) is 0 Å². The average molecular weight is 403 g/mol. The van der Waals surface area contributed by atoms with Crippen LogP contribution in [-0.4, -0.2) is 26.8 Å². The molecule has 3 aromatic heterocycles. The van der Waals surface area contributed by atoms with E-state index in [0.29, 0.717) is 23.8 Å². The van der Waals surface area contributed by atoms with Crippen LogP contribution in [0.4, 0.5) is 5.69 Å². The lowest BCUT2D eigenvalue weighted by Crippen LogP contribution is -2.28. The van der Waals surface area contributed by atoms with Crippen molar-refractivity contribution in [2.75, 3.05) is 12.4 Å². The third kappa shape index (κ3) is 4.07. The van der Waals surface area contributed by atoms with Gasteiger partial charge in [0.25, 0.3) is 5.56 Å². The van der Waals surface area contributed by atoms with E-state index in [-0.39, 0.29) is 12.2 Å². The van der Waals surface area contributed by atoms with Crippen LogP contribution in [0, 0.1) is 6.92 Å². The number of nitrogens with zero attached hydrogens (tertiary/aromatic N) is 4. The lowest BCUT2D eigenvalue weighted by atomic mass is 10.2. The van der Waals surface area contributed by atoms with Crippen LogP contribution >= 0.6 is 0 Å². The Morgan fingerprint density at radius 2 is 1.87 bits per heavy atom. The summed E-state index contributed by atoms with van der Waals surface area (Å²) in [5.74, 6) is 0.548. The van der Waals surface area contributed by atoms with Gasteiger partial charge in [-0.15, -0.1) is 4.73 Å². The molecule has 0 radical (unpaired) electrons. The molecule has 4 aromatic rings. The molecule has 0 unspecified atom stereocenters. The molecule has 0 aliphatic carbocycles. The fourth-order valence-corrected chi connectivity index (χ4v) is 3.10. The molecule has 1 aromatic carbocycles. The van der Waals surface area contributed by atoms with Crippen LogP contribution in [0.15, 0.2) is 65.8 Å². The summed E-state index contributed by atoms with van der Waals surface area (Å²) in [6, 6.07) is 14.9. The van der Waals surface area contributed by atoms with Crippen LogP contribution in [0.3, 0.4) is 0 Å². The van der Waals surface area contributed by atoms with Crippen LogP contribution in [0.25, 0.3) is 11.0 Å². The molecular formula is C22H21N5O3. The number of fused-ring (bicyclic) bond motifs is 1. The fourth-order valence-electron chi connectivity index (χ4n) is 3.10. The van der Waals surface area contributed by atoms with Crippen molar-refractivity contribution in [2.24, 2.45) is 0 Å². The average Bonchev–Trinajstić information content (AvgIpc) is 2.78.